The van der Waals surface area contributed by atoms with Crippen LogP contribution in [0.1, 0.15) is 25.7 Å². The second kappa shape index (κ2) is 7.34. The van der Waals surface area contributed by atoms with E-state index < -0.39 is 5.97 Å². The average molecular weight is 186 g/mol. The van der Waals surface area contributed by atoms with Gasteiger partial charge in [0.1, 0.15) is 0 Å². The van der Waals surface area contributed by atoms with E-state index in [0.717, 1.165) is 25.3 Å². The molecule has 1 saturated heterocycles. The highest BCUT2D eigenvalue weighted by Gasteiger charge is 2.05. The Hall–Kier alpha value is -1.32. The molecule has 0 spiro atoms. The van der Waals surface area contributed by atoms with Crippen LogP contribution in [0.5, 0.6) is 0 Å². The summed E-state index contributed by atoms with van der Waals surface area (Å²) in [6.45, 7) is 3.60. The van der Waals surface area contributed by atoms with Gasteiger partial charge in [-0.2, -0.15) is 0 Å². The van der Waals surface area contributed by atoms with E-state index in [9.17, 15) is 9.59 Å². The number of carbonyl (C=O) groups excluding carboxylic acids is 1. The summed E-state index contributed by atoms with van der Waals surface area (Å²) in [6.07, 6.45) is 4.66. The Morgan fingerprint density at radius 2 is 2.08 bits per heavy atom. The van der Waals surface area contributed by atoms with Crippen LogP contribution < -0.4 is 0 Å². The Labute approximate surface area is 77.2 Å². The van der Waals surface area contributed by atoms with E-state index in [1.807, 2.05) is 0 Å². The fourth-order valence-electron chi connectivity index (χ4n) is 0.806. The van der Waals surface area contributed by atoms with Gasteiger partial charge >= 0.3 is 11.9 Å². The van der Waals surface area contributed by atoms with Gasteiger partial charge in [-0.15, -0.1) is 0 Å². The number of aliphatic carboxylic acids is 1. The first-order valence-electron chi connectivity index (χ1n) is 4.18. The maximum absolute atomic E-state index is 10.5. The van der Waals surface area contributed by atoms with Gasteiger partial charge in [-0.1, -0.05) is 6.58 Å². The molecule has 0 unspecified atom stereocenters. The Morgan fingerprint density at radius 3 is 2.62 bits per heavy atom. The molecule has 0 amide bonds. The molecule has 1 N–H and O–H groups in total. The molecule has 0 saturated carbocycles. The SMILES string of the molecule is C=CC(=O)O.O=C1CCCCCO1. The van der Waals surface area contributed by atoms with Crippen LogP contribution in [0.2, 0.25) is 0 Å². The van der Waals surface area contributed by atoms with E-state index in [0.29, 0.717) is 13.0 Å². The molecule has 4 nitrogen and oxygen atoms in total. The first-order valence-corrected chi connectivity index (χ1v) is 4.18. The Kier molecular flexibility index (Phi) is 6.59. The fraction of sp³-hybridized carbons (Fsp3) is 0.556. The first-order chi connectivity index (χ1) is 6.16. The van der Waals surface area contributed by atoms with Crippen LogP contribution in [0.25, 0.3) is 0 Å². The number of carbonyl (C=O) groups is 2. The molecule has 4 heteroatoms. The smallest absolute Gasteiger partial charge is 0.327 e. The molecule has 74 valence electrons. The number of hydrogen-bond acceptors (Lipinski definition) is 3. The van der Waals surface area contributed by atoms with Gasteiger partial charge in [0.05, 0.1) is 6.61 Å². The molecule has 0 aromatic heterocycles. The maximum atomic E-state index is 10.5. The van der Waals surface area contributed by atoms with Crippen molar-refractivity contribution in [3.8, 4) is 0 Å². The van der Waals surface area contributed by atoms with Gasteiger partial charge in [0.2, 0.25) is 0 Å². The van der Waals surface area contributed by atoms with Crippen LogP contribution in [0.3, 0.4) is 0 Å². The van der Waals surface area contributed by atoms with E-state index in [2.05, 4.69) is 6.58 Å². The quantitative estimate of drug-likeness (QED) is 0.496. The van der Waals surface area contributed by atoms with E-state index >= 15 is 0 Å². The van der Waals surface area contributed by atoms with Gasteiger partial charge in [0.15, 0.2) is 0 Å². The van der Waals surface area contributed by atoms with Crippen molar-refractivity contribution in [3.63, 3.8) is 0 Å². The number of carboxylic acid groups (broad SMARTS) is 1. The number of esters is 1. The molecule has 0 bridgehead atoms. The lowest BCUT2D eigenvalue weighted by Gasteiger charge is -1.93. The summed E-state index contributed by atoms with van der Waals surface area (Å²) in [7, 11) is 0. The highest BCUT2D eigenvalue weighted by atomic mass is 16.5. The normalized spacial score (nSPS) is 15.8. The molecule has 1 heterocycles. The van der Waals surface area contributed by atoms with Crippen molar-refractivity contribution in [1.82, 2.24) is 0 Å². The molecule has 1 aliphatic heterocycles. The van der Waals surface area contributed by atoms with Gasteiger partial charge in [-0.3, -0.25) is 4.79 Å². The van der Waals surface area contributed by atoms with Crippen molar-refractivity contribution in [2.75, 3.05) is 6.61 Å². The third-order valence-corrected chi connectivity index (χ3v) is 1.46. The zero-order chi connectivity index (χ0) is 10.1. The fourth-order valence-corrected chi connectivity index (χ4v) is 0.806. The molecule has 0 aliphatic carbocycles. The van der Waals surface area contributed by atoms with Crippen LogP contribution in [-0.2, 0) is 14.3 Å². The van der Waals surface area contributed by atoms with Gasteiger partial charge in [0.25, 0.3) is 0 Å². The second-order valence-corrected chi connectivity index (χ2v) is 2.57. The Morgan fingerprint density at radius 1 is 1.46 bits per heavy atom. The highest BCUT2D eigenvalue weighted by molar-refractivity contribution is 5.78. The predicted octanol–water partition coefficient (Wildman–Crippen LogP) is 1.36. The maximum Gasteiger partial charge on any atom is 0.327 e. The van der Waals surface area contributed by atoms with Gasteiger partial charge < -0.3 is 9.84 Å². The van der Waals surface area contributed by atoms with Crippen molar-refractivity contribution in [1.29, 1.82) is 0 Å². The number of carboxylic acids is 1. The van der Waals surface area contributed by atoms with Crippen LogP contribution in [0.15, 0.2) is 12.7 Å². The molecule has 13 heavy (non-hydrogen) atoms. The van der Waals surface area contributed by atoms with Crippen molar-refractivity contribution < 1.29 is 19.4 Å². The molecule has 0 aromatic rings. The topological polar surface area (TPSA) is 63.6 Å². The van der Waals surface area contributed by atoms with E-state index in [1.165, 1.54) is 0 Å². The summed E-state index contributed by atoms with van der Waals surface area (Å²) in [5.41, 5.74) is 0. The first kappa shape index (κ1) is 11.7. The van der Waals surface area contributed by atoms with Gasteiger partial charge in [0, 0.05) is 12.5 Å². The van der Waals surface area contributed by atoms with Crippen molar-refractivity contribution in [3.05, 3.63) is 12.7 Å². The molecular weight excluding hydrogens is 172 g/mol. The van der Waals surface area contributed by atoms with E-state index in [-0.39, 0.29) is 5.97 Å². The minimum Gasteiger partial charge on any atom is -0.478 e. The van der Waals surface area contributed by atoms with Gasteiger partial charge in [-0.25, -0.2) is 4.79 Å². The van der Waals surface area contributed by atoms with Gasteiger partial charge in [-0.05, 0) is 19.3 Å². The Bertz CT molecular complexity index is 176. The summed E-state index contributed by atoms with van der Waals surface area (Å²) in [6, 6.07) is 0. The summed E-state index contributed by atoms with van der Waals surface area (Å²) < 4.78 is 4.76. The number of hydrogen-bond donors (Lipinski definition) is 1. The van der Waals surface area contributed by atoms with E-state index in [4.69, 9.17) is 9.84 Å². The van der Waals surface area contributed by atoms with Crippen molar-refractivity contribution >= 4 is 11.9 Å². The second-order valence-electron chi connectivity index (χ2n) is 2.57. The number of cyclic esters (lactones) is 1. The summed E-state index contributed by atoms with van der Waals surface area (Å²) >= 11 is 0. The minimum atomic E-state index is -0.981. The largest absolute Gasteiger partial charge is 0.478 e. The van der Waals surface area contributed by atoms with Crippen molar-refractivity contribution in [2.45, 2.75) is 25.7 Å². The minimum absolute atomic E-state index is 0.0255. The molecule has 1 aliphatic rings. The summed E-state index contributed by atoms with van der Waals surface area (Å²) in [5, 5.41) is 7.60. The van der Waals surface area contributed by atoms with Crippen LogP contribution >= 0.6 is 0 Å². The Balaban J connectivity index is 0.000000252. The third kappa shape index (κ3) is 8.59. The number of rotatable bonds is 1. The molecule has 1 rings (SSSR count). The average Bonchev–Trinajstić information content (AvgIpc) is 2.33. The van der Waals surface area contributed by atoms with Crippen LogP contribution in [-0.4, -0.2) is 23.7 Å². The summed E-state index contributed by atoms with van der Waals surface area (Å²) in [4.78, 5) is 19.7. The molecular formula is C9H14O4. The molecule has 1 fully saturated rings. The zero-order valence-electron chi connectivity index (χ0n) is 7.49. The highest BCUT2D eigenvalue weighted by Crippen LogP contribution is 2.06. The lowest BCUT2D eigenvalue weighted by molar-refractivity contribution is -0.142. The predicted molar refractivity (Wildman–Crippen MR) is 47.3 cm³/mol. The van der Waals surface area contributed by atoms with Crippen LogP contribution in [0, 0.1) is 0 Å². The lowest BCUT2D eigenvalue weighted by Crippen LogP contribution is -2.00. The third-order valence-electron chi connectivity index (χ3n) is 1.46. The molecule has 0 aromatic carbocycles. The zero-order valence-corrected chi connectivity index (χ0v) is 7.49. The number of ether oxygens (including phenoxy) is 1. The lowest BCUT2D eigenvalue weighted by atomic mass is 10.2. The van der Waals surface area contributed by atoms with Crippen molar-refractivity contribution in [2.24, 2.45) is 0 Å². The summed E-state index contributed by atoms with van der Waals surface area (Å²) in [5.74, 6) is -1.01. The van der Waals surface area contributed by atoms with Crippen LogP contribution in [0.4, 0.5) is 0 Å². The molecule has 0 atom stereocenters. The molecule has 0 radical (unpaired) electrons. The monoisotopic (exact) mass is 186 g/mol. The van der Waals surface area contributed by atoms with E-state index in [1.54, 1.807) is 0 Å². The standard InChI is InChI=1S/C6H10O2.C3H4O2/c7-6-4-2-1-3-5-8-6;1-2-3(4)5/h1-5H2;2H,1H2,(H,4,5).